The summed E-state index contributed by atoms with van der Waals surface area (Å²) in [6, 6.07) is 2.94. The molecule has 2 heterocycles. The molecule has 0 radical (unpaired) electrons. The van der Waals surface area contributed by atoms with Gasteiger partial charge in [-0.1, -0.05) is 12.8 Å². The number of anilines is 1. The van der Waals surface area contributed by atoms with E-state index in [2.05, 4.69) is 0 Å². The minimum atomic E-state index is -3.82. The van der Waals surface area contributed by atoms with Crippen molar-refractivity contribution in [3.05, 3.63) is 28.3 Å². The topological polar surface area (TPSA) is 121 Å². The van der Waals surface area contributed by atoms with Gasteiger partial charge in [-0.15, -0.1) is 0 Å². The van der Waals surface area contributed by atoms with Crippen LogP contribution in [0.15, 0.2) is 23.1 Å². The van der Waals surface area contributed by atoms with Gasteiger partial charge in [-0.2, -0.15) is 4.31 Å². The van der Waals surface area contributed by atoms with Crippen molar-refractivity contribution >= 4 is 27.4 Å². The number of carboxylic acid groups (broad SMARTS) is 1. The molecule has 3 rings (SSSR count). The van der Waals surface area contributed by atoms with Gasteiger partial charge < -0.3 is 10.0 Å². The summed E-state index contributed by atoms with van der Waals surface area (Å²) >= 11 is 0. The van der Waals surface area contributed by atoms with E-state index in [-0.39, 0.29) is 16.3 Å². The van der Waals surface area contributed by atoms with Crippen molar-refractivity contribution in [3.8, 4) is 0 Å². The summed E-state index contributed by atoms with van der Waals surface area (Å²) in [7, 11) is -3.82. The third kappa shape index (κ3) is 3.91. The first-order valence-corrected chi connectivity index (χ1v) is 10.5. The average molecular weight is 397 g/mol. The Bertz CT molecular complexity index is 833. The van der Waals surface area contributed by atoms with Crippen LogP contribution < -0.4 is 4.90 Å². The Hall–Kier alpha value is -2.20. The minimum Gasteiger partial charge on any atom is -0.480 e. The SMILES string of the molecule is O=C(O)[C@@H]1CCCN1c1ccc(S(=O)(=O)N2CCCCCC2)cc1[N+](=O)[O-]. The lowest BCUT2D eigenvalue weighted by atomic mass is 10.2. The van der Waals surface area contributed by atoms with E-state index in [1.165, 1.54) is 21.3 Å². The number of hydrogen-bond donors (Lipinski definition) is 1. The number of aliphatic carboxylic acids is 1. The molecule has 0 saturated carbocycles. The van der Waals surface area contributed by atoms with E-state index in [9.17, 15) is 28.4 Å². The molecular weight excluding hydrogens is 374 g/mol. The minimum absolute atomic E-state index is 0.120. The Morgan fingerprint density at radius 1 is 1.11 bits per heavy atom. The molecule has 2 fully saturated rings. The standard InChI is InChI=1S/C17H23N3O6S/c21-17(22)15-6-5-11-19(15)14-8-7-13(12-16(14)20(23)24)27(25,26)18-9-3-1-2-4-10-18/h7-8,12,15H,1-6,9-11H2,(H,21,22)/t15-/m0/s1. The van der Waals surface area contributed by atoms with Gasteiger partial charge in [0.05, 0.1) is 9.82 Å². The Labute approximate surface area is 157 Å². The number of carboxylic acids is 1. The molecule has 0 aromatic heterocycles. The average Bonchev–Trinajstić information content (AvgIpc) is 2.95. The Kier molecular flexibility index (Phi) is 5.66. The van der Waals surface area contributed by atoms with E-state index < -0.39 is 27.0 Å². The van der Waals surface area contributed by atoms with Crippen LogP contribution in [0.25, 0.3) is 0 Å². The van der Waals surface area contributed by atoms with Gasteiger partial charge in [0.25, 0.3) is 5.69 Å². The molecule has 9 nitrogen and oxygen atoms in total. The quantitative estimate of drug-likeness (QED) is 0.597. The zero-order valence-corrected chi connectivity index (χ0v) is 15.7. The van der Waals surface area contributed by atoms with Crippen LogP contribution in [0.2, 0.25) is 0 Å². The van der Waals surface area contributed by atoms with Crippen LogP contribution in [0.3, 0.4) is 0 Å². The summed E-state index contributed by atoms with van der Waals surface area (Å²) in [6.45, 7) is 1.20. The first-order valence-electron chi connectivity index (χ1n) is 9.10. The van der Waals surface area contributed by atoms with Gasteiger partial charge in [-0.3, -0.25) is 10.1 Å². The second-order valence-electron chi connectivity index (χ2n) is 6.92. The highest BCUT2D eigenvalue weighted by molar-refractivity contribution is 7.89. The molecule has 0 amide bonds. The van der Waals surface area contributed by atoms with E-state index in [1.54, 1.807) is 0 Å². The van der Waals surface area contributed by atoms with Crippen molar-refractivity contribution in [2.45, 2.75) is 49.5 Å². The van der Waals surface area contributed by atoms with Crippen molar-refractivity contribution < 1.29 is 23.2 Å². The van der Waals surface area contributed by atoms with Crippen LogP contribution in [-0.2, 0) is 14.8 Å². The second-order valence-corrected chi connectivity index (χ2v) is 8.85. The highest BCUT2D eigenvalue weighted by Crippen LogP contribution is 2.36. The van der Waals surface area contributed by atoms with Crippen LogP contribution in [0.4, 0.5) is 11.4 Å². The largest absolute Gasteiger partial charge is 0.480 e. The molecule has 1 atom stereocenters. The summed E-state index contributed by atoms with van der Waals surface area (Å²) in [6.07, 6.45) is 4.50. The maximum atomic E-state index is 12.9. The number of benzene rings is 1. The molecule has 2 aliphatic heterocycles. The summed E-state index contributed by atoms with van der Waals surface area (Å²) in [5.41, 5.74) is -0.223. The highest BCUT2D eigenvalue weighted by atomic mass is 32.2. The van der Waals surface area contributed by atoms with E-state index in [1.807, 2.05) is 0 Å². The highest BCUT2D eigenvalue weighted by Gasteiger charge is 2.35. The van der Waals surface area contributed by atoms with Crippen LogP contribution in [0.1, 0.15) is 38.5 Å². The predicted octanol–water partition coefficient (Wildman–Crippen LogP) is 2.21. The van der Waals surface area contributed by atoms with Crippen molar-refractivity contribution in [2.75, 3.05) is 24.5 Å². The molecule has 0 unspecified atom stereocenters. The van der Waals surface area contributed by atoms with Gasteiger partial charge in [0.1, 0.15) is 11.7 Å². The maximum Gasteiger partial charge on any atom is 0.326 e. The van der Waals surface area contributed by atoms with Crippen molar-refractivity contribution in [1.82, 2.24) is 4.31 Å². The van der Waals surface area contributed by atoms with Gasteiger partial charge >= 0.3 is 5.97 Å². The van der Waals surface area contributed by atoms with Gasteiger partial charge in [0, 0.05) is 25.7 Å². The van der Waals surface area contributed by atoms with Crippen molar-refractivity contribution in [3.63, 3.8) is 0 Å². The molecule has 148 valence electrons. The molecule has 0 spiro atoms. The Morgan fingerprint density at radius 3 is 2.37 bits per heavy atom. The van der Waals surface area contributed by atoms with E-state index in [0.29, 0.717) is 32.5 Å². The Balaban J connectivity index is 1.98. The lowest BCUT2D eigenvalue weighted by molar-refractivity contribution is -0.384. The summed E-state index contributed by atoms with van der Waals surface area (Å²) in [4.78, 5) is 23.7. The maximum absolute atomic E-state index is 12.9. The first kappa shape index (κ1) is 19.6. The van der Waals surface area contributed by atoms with Crippen LogP contribution in [0.5, 0.6) is 0 Å². The zero-order valence-electron chi connectivity index (χ0n) is 14.9. The fourth-order valence-corrected chi connectivity index (χ4v) is 5.33. The predicted molar refractivity (Wildman–Crippen MR) is 98.3 cm³/mol. The molecule has 0 aliphatic carbocycles. The number of nitro benzene ring substituents is 1. The number of sulfonamides is 1. The van der Waals surface area contributed by atoms with E-state index in [0.717, 1.165) is 31.7 Å². The molecule has 10 heteroatoms. The van der Waals surface area contributed by atoms with E-state index in [4.69, 9.17) is 0 Å². The molecule has 1 aromatic carbocycles. The molecule has 1 N–H and O–H groups in total. The first-order chi connectivity index (χ1) is 12.8. The molecule has 1 aromatic rings. The summed E-state index contributed by atoms with van der Waals surface area (Å²) < 4.78 is 27.2. The second kappa shape index (κ2) is 7.81. The summed E-state index contributed by atoms with van der Waals surface area (Å²) in [5, 5.41) is 20.9. The normalized spacial score (nSPS) is 21.8. The van der Waals surface area contributed by atoms with Crippen molar-refractivity contribution in [1.29, 1.82) is 0 Å². The lowest BCUT2D eigenvalue weighted by Gasteiger charge is -2.24. The fourth-order valence-electron chi connectivity index (χ4n) is 3.80. The number of nitrogens with zero attached hydrogens (tertiary/aromatic N) is 3. The van der Waals surface area contributed by atoms with E-state index >= 15 is 0 Å². The third-order valence-corrected chi connectivity index (χ3v) is 7.09. The smallest absolute Gasteiger partial charge is 0.326 e. The Morgan fingerprint density at radius 2 is 1.78 bits per heavy atom. The number of hydrogen-bond acceptors (Lipinski definition) is 6. The van der Waals surface area contributed by atoms with Gasteiger partial charge in [-0.05, 0) is 37.8 Å². The van der Waals surface area contributed by atoms with Crippen LogP contribution in [0, 0.1) is 10.1 Å². The molecule has 2 aliphatic rings. The number of rotatable bonds is 5. The monoisotopic (exact) mass is 397 g/mol. The molecule has 0 bridgehead atoms. The van der Waals surface area contributed by atoms with Crippen LogP contribution >= 0.6 is 0 Å². The zero-order chi connectivity index (χ0) is 19.6. The van der Waals surface area contributed by atoms with Crippen LogP contribution in [-0.4, -0.2) is 54.4 Å². The fraction of sp³-hybridized carbons (Fsp3) is 0.588. The molecule has 2 saturated heterocycles. The van der Waals surface area contributed by atoms with Gasteiger partial charge in [-0.25, -0.2) is 13.2 Å². The third-order valence-electron chi connectivity index (χ3n) is 5.19. The van der Waals surface area contributed by atoms with Crippen molar-refractivity contribution in [2.24, 2.45) is 0 Å². The number of nitro groups is 1. The molecular formula is C17H23N3O6S. The number of carbonyl (C=O) groups is 1. The van der Waals surface area contributed by atoms with Gasteiger partial charge in [0.15, 0.2) is 0 Å². The lowest BCUT2D eigenvalue weighted by Crippen LogP contribution is -2.36. The summed E-state index contributed by atoms with van der Waals surface area (Å²) in [5.74, 6) is -1.04. The van der Waals surface area contributed by atoms with Gasteiger partial charge in [0.2, 0.25) is 10.0 Å². The molecule has 27 heavy (non-hydrogen) atoms.